The predicted molar refractivity (Wildman–Crippen MR) is 114 cm³/mol. The first-order chi connectivity index (χ1) is 13.3. The molecule has 0 aromatic heterocycles. The first-order valence-electron chi connectivity index (χ1n) is 9.79. The van der Waals surface area contributed by atoms with Crippen LogP contribution in [-0.2, 0) is 9.53 Å². The summed E-state index contributed by atoms with van der Waals surface area (Å²) in [5.74, 6) is -0.266. The molecule has 0 saturated carbocycles. The Morgan fingerprint density at radius 3 is 2.33 bits per heavy atom. The van der Waals surface area contributed by atoms with E-state index in [4.69, 9.17) is 4.74 Å². The highest BCUT2D eigenvalue weighted by molar-refractivity contribution is 6.24. The van der Waals surface area contributed by atoms with Crippen LogP contribution < -0.4 is 0 Å². The predicted octanol–water partition coefficient (Wildman–Crippen LogP) is 6.72. The lowest BCUT2D eigenvalue weighted by molar-refractivity contribution is -0.137. The molecule has 2 heteroatoms. The molecule has 0 aliphatic heterocycles. The van der Waals surface area contributed by atoms with Crippen molar-refractivity contribution < 1.29 is 9.53 Å². The van der Waals surface area contributed by atoms with E-state index in [2.05, 4.69) is 61.5 Å². The van der Waals surface area contributed by atoms with Gasteiger partial charge in [-0.05, 0) is 50.4 Å². The van der Waals surface area contributed by atoms with Gasteiger partial charge >= 0.3 is 5.97 Å². The Morgan fingerprint density at radius 2 is 1.56 bits per heavy atom. The molecule has 0 N–H and O–H groups in total. The summed E-state index contributed by atoms with van der Waals surface area (Å²) in [6.45, 7) is 2.67. The molecule has 0 aliphatic rings. The van der Waals surface area contributed by atoms with Crippen LogP contribution in [0.15, 0.2) is 60.7 Å². The van der Waals surface area contributed by atoms with Gasteiger partial charge in [0.05, 0.1) is 6.61 Å². The number of carbonyl (C=O) groups is 1. The third-order valence-corrected chi connectivity index (χ3v) is 5.20. The number of rotatable bonds is 7. The Bertz CT molecular complexity index is 1090. The molecule has 4 aromatic carbocycles. The fraction of sp³-hybridized carbons (Fsp3) is 0.240. The van der Waals surface area contributed by atoms with Gasteiger partial charge in [0.15, 0.2) is 0 Å². The molecule has 0 fully saturated rings. The molecule has 0 bridgehead atoms. The summed E-state index contributed by atoms with van der Waals surface area (Å²) in [6, 6.07) is 19.3. The third-order valence-electron chi connectivity index (χ3n) is 5.20. The van der Waals surface area contributed by atoms with Crippen LogP contribution in [0.4, 0.5) is 0 Å². The van der Waals surface area contributed by atoms with E-state index < -0.39 is 0 Å². The maximum Gasteiger partial charge on any atom is 0.330 e. The largest absolute Gasteiger partial charge is 0.463 e. The second kappa shape index (κ2) is 7.79. The molecule has 0 radical (unpaired) electrons. The molecular weight excluding hydrogens is 332 g/mol. The minimum atomic E-state index is -0.266. The van der Waals surface area contributed by atoms with Crippen LogP contribution in [-0.4, -0.2) is 12.6 Å². The van der Waals surface area contributed by atoms with E-state index in [0.29, 0.717) is 6.61 Å². The molecule has 0 saturated heterocycles. The van der Waals surface area contributed by atoms with Gasteiger partial charge in [0.2, 0.25) is 0 Å². The van der Waals surface area contributed by atoms with E-state index in [9.17, 15) is 4.79 Å². The van der Waals surface area contributed by atoms with Gasteiger partial charge < -0.3 is 4.74 Å². The molecular formula is C25H24O2. The lowest BCUT2D eigenvalue weighted by Crippen LogP contribution is -2.02. The standard InChI is InChI=1S/C25H24O2/c1-2-3-4-5-17-27-23(26)16-14-18-9-10-21-12-11-19-7-6-8-20-13-15-22(18)25(21)24(19)20/h6-16H,2-5,17H2,1H3/b16-14+. The van der Waals surface area contributed by atoms with Crippen molar-refractivity contribution in [3.05, 3.63) is 66.2 Å². The molecule has 136 valence electrons. The average Bonchev–Trinajstić information content (AvgIpc) is 2.70. The summed E-state index contributed by atoms with van der Waals surface area (Å²) < 4.78 is 5.31. The van der Waals surface area contributed by atoms with Gasteiger partial charge in [-0.25, -0.2) is 4.79 Å². The monoisotopic (exact) mass is 356 g/mol. The average molecular weight is 356 g/mol. The van der Waals surface area contributed by atoms with E-state index in [0.717, 1.165) is 18.4 Å². The number of unbranched alkanes of at least 4 members (excludes halogenated alkanes) is 3. The quantitative estimate of drug-likeness (QED) is 0.159. The maximum absolute atomic E-state index is 12.0. The molecule has 0 spiro atoms. The van der Waals surface area contributed by atoms with Crippen molar-refractivity contribution in [2.24, 2.45) is 0 Å². The van der Waals surface area contributed by atoms with Gasteiger partial charge in [0, 0.05) is 6.08 Å². The van der Waals surface area contributed by atoms with Crippen LogP contribution in [0, 0.1) is 0 Å². The van der Waals surface area contributed by atoms with Crippen molar-refractivity contribution in [2.75, 3.05) is 6.61 Å². The molecule has 2 nitrogen and oxygen atoms in total. The van der Waals surface area contributed by atoms with Crippen LogP contribution in [0.2, 0.25) is 0 Å². The van der Waals surface area contributed by atoms with Crippen molar-refractivity contribution in [1.29, 1.82) is 0 Å². The number of esters is 1. The minimum Gasteiger partial charge on any atom is -0.463 e. The van der Waals surface area contributed by atoms with Crippen molar-refractivity contribution >= 4 is 44.4 Å². The highest BCUT2D eigenvalue weighted by atomic mass is 16.5. The summed E-state index contributed by atoms with van der Waals surface area (Å²) >= 11 is 0. The lowest BCUT2D eigenvalue weighted by Gasteiger charge is -2.12. The van der Waals surface area contributed by atoms with Gasteiger partial charge in [-0.2, -0.15) is 0 Å². The van der Waals surface area contributed by atoms with E-state index in [-0.39, 0.29) is 5.97 Å². The molecule has 0 atom stereocenters. The van der Waals surface area contributed by atoms with Gasteiger partial charge in [-0.1, -0.05) is 80.8 Å². The maximum atomic E-state index is 12.0. The van der Waals surface area contributed by atoms with E-state index >= 15 is 0 Å². The first kappa shape index (κ1) is 17.5. The van der Waals surface area contributed by atoms with Crippen molar-refractivity contribution in [3.8, 4) is 0 Å². The molecule has 27 heavy (non-hydrogen) atoms. The van der Waals surface area contributed by atoms with Crippen molar-refractivity contribution in [2.45, 2.75) is 32.6 Å². The van der Waals surface area contributed by atoms with Crippen molar-refractivity contribution in [3.63, 3.8) is 0 Å². The number of carbonyl (C=O) groups excluding carboxylic acids is 1. The van der Waals surface area contributed by atoms with Gasteiger partial charge in [0.1, 0.15) is 0 Å². The fourth-order valence-electron chi connectivity index (χ4n) is 3.81. The van der Waals surface area contributed by atoms with E-state index in [1.54, 1.807) is 6.08 Å². The Hall–Kier alpha value is -2.87. The Kier molecular flexibility index (Phi) is 5.06. The van der Waals surface area contributed by atoms with Crippen LogP contribution in [0.5, 0.6) is 0 Å². The van der Waals surface area contributed by atoms with Crippen LogP contribution >= 0.6 is 0 Å². The topological polar surface area (TPSA) is 26.3 Å². The zero-order valence-electron chi connectivity index (χ0n) is 15.7. The highest BCUT2D eigenvalue weighted by Gasteiger charge is 2.09. The number of ether oxygens (including phenoxy) is 1. The summed E-state index contributed by atoms with van der Waals surface area (Å²) in [6.07, 6.45) is 7.85. The zero-order valence-corrected chi connectivity index (χ0v) is 15.7. The van der Waals surface area contributed by atoms with Crippen molar-refractivity contribution in [1.82, 2.24) is 0 Å². The first-order valence-corrected chi connectivity index (χ1v) is 9.79. The molecule has 0 heterocycles. The number of benzene rings is 4. The lowest BCUT2D eigenvalue weighted by atomic mass is 9.92. The summed E-state index contributed by atoms with van der Waals surface area (Å²) in [5.41, 5.74) is 1.05. The molecule has 4 aromatic rings. The Labute approximate surface area is 159 Å². The molecule has 0 aliphatic carbocycles. The van der Waals surface area contributed by atoms with E-state index in [1.165, 1.54) is 45.2 Å². The highest BCUT2D eigenvalue weighted by Crippen LogP contribution is 2.36. The Balaban J connectivity index is 1.61. The second-order valence-corrected chi connectivity index (χ2v) is 7.07. The molecule has 0 unspecified atom stereocenters. The second-order valence-electron chi connectivity index (χ2n) is 7.07. The third kappa shape index (κ3) is 3.52. The van der Waals surface area contributed by atoms with Gasteiger partial charge in [-0.15, -0.1) is 0 Å². The smallest absolute Gasteiger partial charge is 0.330 e. The van der Waals surface area contributed by atoms with E-state index in [1.807, 2.05) is 6.08 Å². The normalized spacial score (nSPS) is 11.9. The van der Waals surface area contributed by atoms with Gasteiger partial charge in [0.25, 0.3) is 0 Å². The van der Waals surface area contributed by atoms with Crippen LogP contribution in [0.3, 0.4) is 0 Å². The summed E-state index contributed by atoms with van der Waals surface area (Å²) in [5, 5.41) is 7.45. The number of hydrogen-bond acceptors (Lipinski definition) is 2. The summed E-state index contributed by atoms with van der Waals surface area (Å²) in [7, 11) is 0. The van der Waals surface area contributed by atoms with Crippen LogP contribution in [0.1, 0.15) is 38.2 Å². The zero-order chi connectivity index (χ0) is 18.6. The fourth-order valence-corrected chi connectivity index (χ4v) is 3.81. The molecule has 4 rings (SSSR count). The molecule has 0 amide bonds. The Morgan fingerprint density at radius 1 is 0.852 bits per heavy atom. The minimum absolute atomic E-state index is 0.266. The van der Waals surface area contributed by atoms with Gasteiger partial charge in [-0.3, -0.25) is 0 Å². The number of hydrogen-bond donors (Lipinski definition) is 0. The van der Waals surface area contributed by atoms with Crippen LogP contribution in [0.25, 0.3) is 38.4 Å². The SMILES string of the molecule is CCCCCCOC(=O)/C=C/c1ccc2ccc3cccc4ccc1c2c34. The summed E-state index contributed by atoms with van der Waals surface area (Å²) in [4.78, 5) is 12.0.